The molecule has 0 fully saturated rings. The molecular weight excluding hydrogens is 236 g/mol. The summed E-state index contributed by atoms with van der Waals surface area (Å²) < 4.78 is 10.2. The summed E-state index contributed by atoms with van der Waals surface area (Å²) >= 11 is 0. The molecule has 0 atom stereocenters. The number of benzene rings is 1. The molecule has 0 unspecified atom stereocenters. The fourth-order valence-corrected chi connectivity index (χ4v) is 1.64. The summed E-state index contributed by atoms with van der Waals surface area (Å²) in [5, 5.41) is 4.48. The van der Waals surface area contributed by atoms with Gasteiger partial charge in [0.05, 0.1) is 19.8 Å². The average Bonchev–Trinajstić information content (AvgIpc) is 2.40. The first-order valence-corrected chi connectivity index (χ1v) is 5.20. The molecule has 0 bridgehead atoms. The molecule has 1 aromatic carbocycles. The lowest BCUT2D eigenvalue weighted by molar-refractivity contribution is 0.355. The van der Waals surface area contributed by atoms with E-state index in [1.807, 2.05) is 0 Å². The van der Waals surface area contributed by atoms with Crippen molar-refractivity contribution in [3.8, 4) is 22.6 Å². The van der Waals surface area contributed by atoms with E-state index in [-0.39, 0.29) is 16.7 Å². The zero-order valence-corrected chi connectivity index (χ0v) is 9.94. The molecule has 0 saturated carbocycles. The Balaban J connectivity index is 2.61. The predicted octanol–water partition coefficient (Wildman–Crippen LogP) is 0.747. The average molecular weight is 248 g/mol. The Morgan fingerprint density at radius 1 is 0.944 bits per heavy atom. The molecule has 6 heteroatoms. The van der Waals surface area contributed by atoms with Gasteiger partial charge in [-0.05, 0) is 17.7 Å². The van der Waals surface area contributed by atoms with Crippen molar-refractivity contribution in [2.24, 2.45) is 0 Å². The smallest absolute Gasteiger partial charge is 0.270 e. The summed E-state index contributed by atoms with van der Waals surface area (Å²) in [4.78, 5) is 22.8. The maximum absolute atomic E-state index is 11.6. The lowest BCUT2D eigenvalue weighted by atomic mass is 10.1. The Labute approximate surface area is 102 Å². The number of hydrogen-bond donors (Lipinski definition) is 2. The molecule has 94 valence electrons. The summed E-state index contributed by atoms with van der Waals surface area (Å²) in [6, 6.07) is 6.24. The van der Waals surface area contributed by atoms with Gasteiger partial charge in [0.15, 0.2) is 11.5 Å². The maximum Gasteiger partial charge on any atom is 0.270 e. The molecule has 1 aromatic heterocycles. The van der Waals surface area contributed by atoms with Crippen LogP contribution < -0.4 is 20.6 Å². The molecule has 0 aliphatic heterocycles. The Morgan fingerprint density at radius 3 is 2.33 bits per heavy atom. The van der Waals surface area contributed by atoms with Crippen molar-refractivity contribution in [3.05, 3.63) is 45.0 Å². The first kappa shape index (κ1) is 12.0. The van der Waals surface area contributed by atoms with E-state index in [1.54, 1.807) is 18.2 Å². The van der Waals surface area contributed by atoms with E-state index in [2.05, 4.69) is 10.2 Å². The van der Waals surface area contributed by atoms with Gasteiger partial charge in [-0.2, -0.15) is 0 Å². The second-order valence-corrected chi connectivity index (χ2v) is 3.57. The highest BCUT2D eigenvalue weighted by atomic mass is 16.5. The summed E-state index contributed by atoms with van der Waals surface area (Å²) in [5.74, 6) is 1.05. The van der Waals surface area contributed by atoms with Gasteiger partial charge >= 0.3 is 0 Å². The van der Waals surface area contributed by atoms with Crippen LogP contribution in [0.4, 0.5) is 0 Å². The van der Waals surface area contributed by atoms with E-state index in [1.165, 1.54) is 20.3 Å². The number of aromatic nitrogens is 2. The minimum atomic E-state index is -0.376. The number of methoxy groups -OCH3 is 2. The van der Waals surface area contributed by atoms with Gasteiger partial charge in [0.2, 0.25) is 0 Å². The van der Waals surface area contributed by atoms with Crippen molar-refractivity contribution in [3.63, 3.8) is 0 Å². The highest BCUT2D eigenvalue weighted by molar-refractivity contribution is 5.66. The lowest BCUT2D eigenvalue weighted by Gasteiger charge is -2.08. The van der Waals surface area contributed by atoms with Crippen LogP contribution in [0.15, 0.2) is 33.9 Å². The van der Waals surface area contributed by atoms with Crippen molar-refractivity contribution in [2.45, 2.75) is 0 Å². The van der Waals surface area contributed by atoms with Crippen molar-refractivity contribution < 1.29 is 9.47 Å². The molecule has 0 spiro atoms. The quantitative estimate of drug-likeness (QED) is 0.839. The molecule has 2 aromatic rings. The topological polar surface area (TPSA) is 84.2 Å². The Kier molecular flexibility index (Phi) is 3.18. The number of nitrogens with one attached hydrogen (secondary N) is 2. The van der Waals surface area contributed by atoms with Crippen LogP contribution in [0.3, 0.4) is 0 Å². The molecule has 0 saturated heterocycles. The number of aromatic amines is 2. The van der Waals surface area contributed by atoms with Crippen LogP contribution in [0.5, 0.6) is 11.5 Å². The molecule has 6 nitrogen and oxygen atoms in total. The fraction of sp³-hybridized carbons (Fsp3) is 0.167. The second kappa shape index (κ2) is 4.79. The summed E-state index contributed by atoms with van der Waals surface area (Å²) in [6.07, 6.45) is 0. The first-order valence-electron chi connectivity index (χ1n) is 5.20. The van der Waals surface area contributed by atoms with E-state index in [0.29, 0.717) is 17.1 Å². The molecular formula is C12H12N2O4. The molecule has 1 heterocycles. The fourth-order valence-electron chi connectivity index (χ4n) is 1.64. The van der Waals surface area contributed by atoms with Crippen LogP contribution in [-0.2, 0) is 0 Å². The highest BCUT2D eigenvalue weighted by Gasteiger charge is 2.09. The van der Waals surface area contributed by atoms with Crippen LogP contribution in [0, 0.1) is 0 Å². The van der Waals surface area contributed by atoms with Gasteiger partial charge in [0.1, 0.15) is 0 Å². The predicted molar refractivity (Wildman–Crippen MR) is 66.2 cm³/mol. The monoisotopic (exact) mass is 248 g/mol. The van der Waals surface area contributed by atoms with Crippen LogP contribution in [-0.4, -0.2) is 24.4 Å². The highest BCUT2D eigenvalue weighted by Crippen LogP contribution is 2.30. The lowest BCUT2D eigenvalue weighted by Crippen LogP contribution is -2.19. The van der Waals surface area contributed by atoms with E-state index < -0.39 is 0 Å². The van der Waals surface area contributed by atoms with Crippen molar-refractivity contribution in [1.29, 1.82) is 0 Å². The number of hydrogen-bond acceptors (Lipinski definition) is 4. The minimum absolute atomic E-state index is 0.278. The summed E-state index contributed by atoms with van der Waals surface area (Å²) in [6.45, 7) is 0. The first-order chi connectivity index (χ1) is 8.65. The Morgan fingerprint density at radius 2 is 1.67 bits per heavy atom. The van der Waals surface area contributed by atoms with Crippen LogP contribution in [0.25, 0.3) is 11.1 Å². The molecule has 0 aliphatic rings. The third-order valence-corrected chi connectivity index (χ3v) is 2.51. The van der Waals surface area contributed by atoms with Gasteiger partial charge < -0.3 is 9.47 Å². The zero-order chi connectivity index (χ0) is 13.1. The molecule has 0 radical (unpaired) electrons. The standard InChI is InChI=1S/C12H12N2O4/c1-17-9-4-3-7(5-10(9)18-2)8-6-11(15)13-14-12(8)16/h3-6H,1-2H3,(H,13,15)(H,14,16). The van der Waals surface area contributed by atoms with Crippen LogP contribution in [0.2, 0.25) is 0 Å². The van der Waals surface area contributed by atoms with Crippen LogP contribution >= 0.6 is 0 Å². The molecule has 2 rings (SSSR count). The zero-order valence-electron chi connectivity index (χ0n) is 9.94. The second-order valence-electron chi connectivity index (χ2n) is 3.57. The molecule has 0 aliphatic carbocycles. The maximum atomic E-state index is 11.6. The number of rotatable bonds is 3. The SMILES string of the molecule is COc1ccc(-c2cc(=O)[nH][nH]c2=O)cc1OC. The van der Waals surface area contributed by atoms with E-state index >= 15 is 0 Å². The van der Waals surface area contributed by atoms with E-state index in [9.17, 15) is 9.59 Å². The third-order valence-electron chi connectivity index (χ3n) is 2.51. The molecule has 0 amide bonds. The van der Waals surface area contributed by atoms with Crippen molar-refractivity contribution in [2.75, 3.05) is 14.2 Å². The van der Waals surface area contributed by atoms with Gasteiger partial charge in [0.25, 0.3) is 11.1 Å². The van der Waals surface area contributed by atoms with E-state index in [4.69, 9.17) is 9.47 Å². The largest absolute Gasteiger partial charge is 0.493 e. The van der Waals surface area contributed by atoms with Crippen molar-refractivity contribution >= 4 is 0 Å². The summed E-state index contributed by atoms with van der Waals surface area (Å²) in [7, 11) is 3.03. The Bertz CT molecular complexity index is 672. The molecule has 2 N–H and O–H groups in total. The van der Waals surface area contributed by atoms with Crippen LogP contribution in [0.1, 0.15) is 0 Å². The normalized spacial score (nSPS) is 10.1. The van der Waals surface area contributed by atoms with Gasteiger partial charge in [-0.15, -0.1) is 0 Å². The number of ether oxygens (including phenoxy) is 2. The van der Waals surface area contributed by atoms with Gasteiger partial charge in [0, 0.05) is 6.07 Å². The Hall–Kier alpha value is -2.50. The van der Waals surface area contributed by atoms with Gasteiger partial charge in [-0.3, -0.25) is 19.8 Å². The third kappa shape index (κ3) is 2.13. The minimum Gasteiger partial charge on any atom is -0.493 e. The van der Waals surface area contributed by atoms with Gasteiger partial charge in [-0.1, -0.05) is 6.07 Å². The van der Waals surface area contributed by atoms with E-state index in [0.717, 1.165) is 0 Å². The number of H-pyrrole nitrogens is 2. The summed E-state index contributed by atoms with van der Waals surface area (Å²) in [5.41, 5.74) is 0.112. The molecule has 18 heavy (non-hydrogen) atoms. The van der Waals surface area contributed by atoms with Crippen molar-refractivity contribution in [1.82, 2.24) is 10.2 Å². The van der Waals surface area contributed by atoms with Gasteiger partial charge in [-0.25, -0.2) is 0 Å².